The van der Waals surface area contributed by atoms with Gasteiger partial charge < -0.3 is 9.84 Å². The van der Waals surface area contributed by atoms with Crippen molar-refractivity contribution in [1.82, 2.24) is 0 Å². The lowest BCUT2D eigenvalue weighted by atomic mass is 10.1. The number of amides is 1. The number of hydrogen-bond acceptors (Lipinski definition) is 3. The molecule has 0 aromatic heterocycles. The normalized spacial score (nSPS) is 20.5. The summed E-state index contributed by atoms with van der Waals surface area (Å²) in [6.45, 7) is 7.76. The molecular formula is C12H24NO3+. The number of nitrogens with zero attached hydrogens (tertiary/aromatic N) is 1. The molecule has 1 amide bonds. The van der Waals surface area contributed by atoms with Crippen LogP contribution in [0.3, 0.4) is 0 Å². The molecule has 4 heteroatoms. The Morgan fingerprint density at radius 1 is 1.25 bits per heavy atom. The zero-order chi connectivity index (χ0) is 12.2. The first-order chi connectivity index (χ1) is 7.40. The molecule has 0 saturated carbocycles. The minimum absolute atomic E-state index is 0.0409. The first-order valence-electron chi connectivity index (χ1n) is 6.10. The SMILES string of the molecule is CC(C)(C)OC(=O)[N+]1(CCO)CCCCC1. The highest BCUT2D eigenvalue weighted by atomic mass is 16.6. The fourth-order valence-corrected chi connectivity index (χ4v) is 2.17. The molecule has 0 radical (unpaired) electrons. The smallest absolute Gasteiger partial charge is 0.414 e. The summed E-state index contributed by atoms with van der Waals surface area (Å²) in [5.41, 5.74) is -0.449. The monoisotopic (exact) mass is 230 g/mol. The summed E-state index contributed by atoms with van der Waals surface area (Å²) < 4.78 is 5.75. The highest BCUT2D eigenvalue weighted by Gasteiger charge is 2.41. The predicted molar refractivity (Wildman–Crippen MR) is 62.0 cm³/mol. The van der Waals surface area contributed by atoms with E-state index in [9.17, 15) is 4.79 Å². The molecule has 1 saturated heterocycles. The van der Waals surface area contributed by atoms with Crippen molar-refractivity contribution in [2.75, 3.05) is 26.2 Å². The lowest BCUT2D eigenvalue weighted by Gasteiger charge is -2.38. The topological polar surface area (TPSA) is 46.5 Å². The molecule has 1 heterocycles. The highest BCUT2D eigenvalue weighted by molar-refractivity contribution is 5.60. The van der Waals surface area contributed by atoms with Crippen LogP contribution in [0, 0.1) is 0 Å². The number of aliphatic hydroxyl groups is 1. The van der Waals surface area contributed by atoms with Gasteiger partial charge in [0.05, 0.1) is 19.7 Å². The minimum atomic E-state index is -0.449. The van der Waals surface area contributed by atoms with Gasteiger partial charge >= 0.3 is 6.09 Å². The van der Waals surface area contributed by atoms with E-state index in [0.29, 0.717) is 11.0 Å². The number of aliphatic hydroxyl groups excluding tert-OH is 1. The lowest BCUT2D eigenvalue weighted by molar-refractivity contribution is -0.864. The quantitative estimate of drug-likeness (QED) is 0.737. The number of quaternary nitrogens is 1. The molecule has 0 aromatic carbocycles. The maximum absolute atomic E-state index is 12.2. The molecule has 0 aliphatic carbocycles. The van der Waals surface area contributed by atoms with E-state index in [1.165, 1.54) is 6.42 Å². The standard InChI is InChI=1S/C12H24NO3/c1-12(2,3)16-11(15)13(9-10-14)7-5-4-6-8-13/h14H,4-10H2,1-3H3/q+1. The molecule has 0 unspecified atom stereocenters. The van der Waals surface area contributed by atoms with Crippen LogP contribution < -0.4 is 0 Å². The molecule has 1 aliphatic heterocycles. The molecule has 0 atom stereocenters. The van der Waals surface area contributed by atoms with Crippen LogP contribution in [-0.4, -0.2) is 47.5 Å². The molecule has 16 heavy (non-hydrogen) atoms. The second-order valence-corrected chi connectivity index (χ2v) is 5.58. The van der Waals surface area contributed by atoms with Gasteiger partial charge in [-0.25, -0.2) is 4.48 Å². The molecule has 1 fully saturated rings. The van der Waals surface area contributed by atoms with Crippen LogP contribution >= 0.6 is 0 Å². The molecule has 4 nitrogen and oxygen atoms in total. The Kier molecular flexibility index (Phi) is 4.33. The summed E-state index contributed by atoms with van der Waals surface area (Å²) in [4.78, 5) is 12.2. The van der Waals surface area contributed by atoms with Gasteiger partial charge in [0, 0.05) is 0 Å². The van der Waals surface area contributed by atoms with Crippen LogP contribution in [0.4, 0.5) is 4.79 Å². The molecule has 1 rings (SSSR count). The summed E-state index contributed by atoms with van der Waals surface area (Å²) in [6.07, 6.45) is 3.08. The molecule has 1 aliphatic rings. The van der Waals surface area contributed by atoms with E-state index >= 15 is 0 Å². The van der Waals surface area contributed by atoms with E-state index in [2.05, 4.69) is 0 Å². The van der Waals surface area contributed by atoms with Crippen LogP contribution in [0.25, 0.3) is 0 Å². The maximum atomic E-state index is 12.2. The zero-order valence-corrected chi connectivity index (χ0v) is 10.7. The second-order valence-electron chi connectivity index (χ2n) is 5.58. The number of ether oxygens (including phenoxy) is 1. The van der Waals surface area contributed by atoms with Gasteiger partial charge in [0.2, 0.25) is 0 Å². The van der Waals surface area contributed by atoms with Gasteiger partial charge in [-0.05, 0) is 40.0 Å². The van der Waals surface area contributed by atoms with E-state index in [-0.39, 0.29) is 12.7 Å². The predicted octanol–water partition coefficient (Wildman–Crippen LogP) is 1.91. The van der Waals surface area contributed by atoms with Crippen LogP contribution in [0.5, 0.6) is 0 Å². The van der Waals surface area contributed by atoms with E-state index in [4.69, 9.17) is 9.84 Å². The Morgan fingerprint density at radius 2 is 1.81 bits per heavy atom. The summed E-state index contributed by atoms with van der Waals surface area (Å²) >= 11 is 0. The third-order valence-electron chi connectivity index (χ3n) is 2.98. The molecule has 0 spiro atoms. The van der Waals surface area contributed by atoms with Crippen molar-refractivity contribution in [3.8, 4) is 0 Å². The Morgan fingerprint density at radius 3 is 2.25 bits per heavy atom. The van der Waals surface area contributed by atoms with Crippen molar-refractivity contribution in [2.24, 2.45) is 0 Å². The van der Waals surface area contributed by atoms with E-state index in [0.717, 1.165) is 25.9 Å². The van der Waals surface area contributed by atoms with Crippen LogP contribution in [-0.2, 0) is 4.74 Å². The number of likely N-dealkylation sites (tertiary alicyclic amines) is 1. The Bertz CT molecular complexity index is 234. The summed E-state index contributed by atoms with van der Waals surface area (Å²) in [7, 11) is 0. The molecule has 94 valence electrons. The highest BCUT2D eigenvalue weighted by Crippen LogP contribution is 2.22. The van der Waals surface area contributed by atoms with Crippen molar-refractivity contribution in [3.05, 3.63) is 0 Å². The second kappa shape index (κ2) is 5.15. The van der Waals surface area contributed by atoms with Gasteiger partial charge in [0.1, 0.15) is 12.1 Å². The number of carbonyl (C=O) groups excluding carboxylic acids is 1. The van der Waals surface area contributed by atoms with E-state index in [1.807, 2.05) is 20.8 Å². The Labute approximate surface area is 97.8 Å². The largest absolute Gasteiger partial charge is 0.516 e. The van der Waals surface area contributed by atoms with Gasteiger partial charge in [0.15, 0.2) is 0 Å². The van der Waals surface area contributed by atoms with Crippen molar-refractivity contribution >= 4 is 6.09 Å². The number of carbonyl (C=O) groups is 1. The molecule has 1 N–H and O–H groups in total. The van der Waals surface area contributed by atoms with Crippen LogP contribution in [0.2, 0.25) is 0 Å². The third kappa shape index (κ3) is 3.46. The molecule has 0 aromatic rings. The van der Waals surface area contributed by atoms with E-state index < -0.39 is 5.60 Å². The number of hydrogen-bond donors (Lipinski definition) is 1. The van der Waals surface area contributed by atoms with Crippen molar-refractivity contribution in [3.63, 3.8) is 0 Å². The first-order valence-corrected chi connectivity index (χ1v) is 6.10. The van der Waals surface area contributed by atoms with Crippen LogP contribution in [0.1, 0.15) is 40.0 Å². The fraction of sp³-hybridized carbons (Fsp3) is 0.917. The zero-order valence-electron chi connectivity index (χ0n) is 10.7. The Balaban J connectivity index is 2.72. The van der Waals surface area contributed by atoms with Crippen LogP contribution in [0.15, 0.2) is 0 Å². The Hall–Kier alpha value is -0.610. The summed E-state index contributed by atoms with van der Waals surface area (Å²) in [6, 6.07) is 0. The average molecular weight is 230 g/mol. The van der Waals surface area contributed by atoms with Crippen molar-refractivity contribution < 1.29 is 19.1 Å². The van der Waals surface area contributed by atoms with Gasteiger partial charge in [0.25, 0.3) is 0 Å². The minimum Gasteiger partial charge on any atom is -0.414 e. The average Bonchev–Trinajstić information content (AvgIpc) is 2.17. The van der Waals surface area contributed by atoms with Gasteiger partial charge in [-0.2, -0.15) is 4.79 Å². The van der Waals surface area contributed by atoms with Crippen molar-refractivity contribution in [2.45, 2.75) is 45.6 Å². The molecule has 0 bridgehead atoms. The number of piperidine rings is 1. The first kappa shape index (κ1) is 13.5. The van der Waals surface area contributed by atoms with Gasteiger partial charge in [-0.15, -0.1) is 0 Å². The van der Waals surface area contributed by atoms with Crippen molar-refractivity contribution in [1.29, 1.82) is 0 Å². The lowest BCUT2D eigenvalue weighted by Crippen LogP contribution is -2.58. The fourth-order valence-electron chi connectivity index (χ4n) is 2.17. The summed E-state index contributed by atoms with van der Waals surface area (Å²) in [5.74, 6) is 0. The van der Waals surface area contributed by atoms with Gasteiger partial charge in [-0.3, -0.25) is 0 Å². The van der Waals surface area contributed by atoms with E-state index in [1.54, 1.807) is 0 Å². The van der Waals surface area contributed by atoms with Gasteiger partial charge in [-0.1, -0.05) is 0 Å². The number of rotatable bonds is 2. The maximum Gasteiger partial charge on any atom is 0.516 e. The third-order valence-corrected chi connectivity index (χ3v) is 2.98. The summed E-state index contributed by atoms with van der Waals surface area (Å²) in [5, 5.41) is 9.11. The molecular weight excluding hydrogens is 206 g/mol.